The molecule has 1 aromatic heterocycles. The van der Waals surface area contributed by atoms with Crippen molar-refractivity contribution >= 4 is 11.9 Å². The molecule has 0 saturated heterocycles. The van der Waals surface area contributed by atoms with Crippen LogP contribution in [0.3, 0.4) is 0 Å². The van der Waals surface area contributed by atoms with Gasteiger partial charge in [0.15, 0.2) is 0 Å². The van der Waals surface area contributed by atoms with E-state index in [-0.39, 0.29) is 11.3 Å². The normalized spacial score (nSPS) is 12.4. The zero-order valence-corrected chi connectivity index (χ0v) is 6.85. The maximum Gasteiger partial charge on any atom is 0.338 e. The Morgan fingerprint density at radius 3 is 2.46 bits per heavy atom. The number of furan rings is 1. The second-order valence-electron chi connectivity index (χ2n) is 2.60. The van der Waals surface area contributed by atoms with Crippen molar-refractivity contribution in [3.05, 3.63) is 23.7 Å². The number of rotatable bonds is 3. The van der Waals surface area contributed by atoms with Crippen LogP contribution in [0.1, 0.15) is 29.0 Å². The Hall–Kier alpha value is -1.78. The summed E-state index contributed by atoms with van der Waals surface area (Å²) in [5.74, 6) is -2.86. The van der Waals surface area contributed by atoms with Gasteiger partial charge in [-0.25, -0.2) is 4.79 Å². The highest BCUT2D eigenvalue weighted by Crippen LogP contribution is 2.18. The van der Waals surface area contributed by atoms with Crippen LogP contribution in [0.5, 0.6) is 0 Å². The molecule has 13 heavy (non-hydrogen) atoms. The SMILES string of the molecule is CC(C(=O)O)c1cc(C(=O)O)co1. The van der Waals surface area contributed by atoms with Crippen LogP contribution in [-0.2, 0) is 4.79 Å². The van der Waals surface area contributed by atoms with Crippen LogP contribution in [0.2, 0.25) is 0 Å². The van der Waals surface area contributed by atoms with Gasteiger partial charge in [0.1, 0.15) is 17.9 Å². The summed E-state index contributed by atoms with van der Waals surface area (Å²) < 4.78 is 4.79. The number of carbonyl (C=O) groups is 2. The number of carboxylic acid groups (broad SMARTS) is 2. The zero-order valence-electron chi connectivity index (χ0n) is 6.85. The molecule has 2 N–H and O–H groups in total. The van der Waals surface area contributed by atoms with E-state index in [0.717, 1.165) is 6.26 Å². The van der Waals surface area contributed by atoms with Crippen molar-refractivity contribution in [3.63, 3.8) is 0 Å². The third kappa shape index (κ3) is 1.87. The molecule has 1 atom stereocenters. The molecule has 1 unspecified atom stereocenters. The van der Waals surface area contributed by atoms with E-state index in [0.29, 0.717) is 0 Å². The lowest BCUT2D eigenvalue weighted by Crippen LogP contribution is -2.06. The standard InChI is InChI=1S/C8H8O5/c1-4(7(9)10)6-2-5(3-13-6)8(11)12/h2-4H,1H3,(H,9,10)(H,11,12). The van der Waals surface area contributed by atoms with Gasteiger partial charge in [0.2, 0.25) is 0 Å². The molecular weight excluding hydrogens is 176 g/mol. The van der Waals surface area contributed by atoms with Crippen molar-refractivity contribution in [3.8, 4) is 0 Å². The molecular formula is C8H8O5. The molecule has 1 heterocycles. The molecule has 1 rings (SSSR count). The number of hydrogen-bond acceptors (Lipinski definition) is 3. The highest BCUT2D eigenvalue weighted by atomic mass is 16.4. The maximum absolute atomic E-state index is 10.5. The summed E-state index contributed by atoms with van der Waals surface area (Å²) in [6.07, 6.45) is 1.02. The number of aliphatic carboxylic acids is 1. The Balaban J connectivity index is 2.91. The topological polar surface area (TPSA) is 87.7 Å². The highest BCUT2D eigenvalue weighted by molar-refractivity contribution is 5.87. The smallest absolute Gasteiger partial charge is 0.338 e. The fourth-order valence-corrected chi connectivity index (χ4v) is 0.814. The Kier molecular flexibility index (Phi) is 2.36. The minimum atomic E-state index is -1.13. The van der Waals surface area contributed by atoms with Crippen LogP contribution >= 0.6 is 0 Å². The predicted octanol–water partition coefficient (Wildman–Crippen LogP) is 1.17. The van der Waals surface area contributed by atoms with Crippen LogP contribution in [0.4, 0.5) is 0 Å². The van der Waals surface area contributed by atoms with Crippen molar-refractivity contribution < 1.29 is 24.2 Å². The summed E-state index contributed by atoms with van der Waals surface area (Å²) in [4.78, 5) is 20.9. The Morgan fingerprint density at radius 2 is 2.08 bits per heavy atom. The van der Waals surface area contributed by atoms with Gasteiger partial charge in [-0.05, 0) is 13.0 Å². The third-order valence-corrected chi connectivity index (χ3v) is 1.66. The van der Waals surface area contributed by atoms with Gasteiger partial charge in [0, 0.05) is 0 Å². The zero-order chi connectivity index (χ0) is 10.0. The summed E-state index contributed by atoms with van der Waals surface area (Å²) in [6.45, 7) is 1.42. The van der Waals surface area contributed by atoms with Gasteiger partial charge in [0.25, 0.3) is 0 Å². The molecule has 0 aliphatic heterocycles. The van der Waals surface area contributed by atoms with Crippen LogP contribution in [0.25, 0.3) is 0 Å². The predicted molar refractivity (Wildman–Crippen MR) is 41.7 cm³/mol. The average Bonchev–Trinajstić information content (AvgIpc) is 2.50. The average molecular weight is 184 g/mol. The summed E-state index contributed by atoms with van der Waals surface area (Å²) in [6, 6.07) is 1.21. The van der Waals surface area contributed by atoms with Crippen molar-refractivity contribution in [2.75, 3.05) is 0 Å². The lowest BCUT2D eigenvalue weighted by molar-refractivity contribution is -0.138. The van der Waals surface area contributed by atoms with Crippen molar-refractivity contribution in [2.45, 2.75) is 12.8 Å². The summed E-state index contributed by atoms with van der Waals surface area (Å²) in [7, 11) is 0. The lowest BCUT2D eigenvalue weighted by atomic mass is 10.1. The molecule has 70 valence electrons. The molecule has 0 bridgehead atoms. The van der Waals surface area contributed by atoms with Crippen molar-refractivity contribution in [2.24, 2.45) is 0 Å². The lowest BCUT2D eigenvalue weighted by Gasteiger charge is -1.99. The first-order valence-corrected chi connectivity index (χ1v) is 3.57. The van der Waals surface area contributed by atoms with Crippen molar-refractivity contribution in [1.82, 2.24) is 0 Å². The van der Waals surface area contributed by atoms with E-state index in [9.17, 15) is 9.59 Å². The minimum Gasteiger partial charge on any atom is -0.481 e. The molecule has 0 aromatic carbocycles. The van der Waals surface area contributed by atoms with E-state index >= 15 is 0 Å². The fourth-order valence-electron chi connectivity index (χ4n) is 0.814. The third-order valence-electron chi connectivity index (χ3n) is 1.66. The second kappa shape index (κ2) is 3.30. The van der Waals surface area contributed by atoms with Crippen molar-refractivity contribution in [1.29, 1.82) is 0 Å². The molecule has 0 aliphatic rings. The fraction of sp³-hybridized carbons (Fsp3) is 0.250. The van der Waals surface area contributed by atoms with Gasteiger partial charge in [-0.3, -0.25) is 4.79 Å². The highest BCUT2D eigenvalue weighted by Gasteiger charge is 2.19. The van der Waals surface area contributed by atoms with E-state index in [4.69, 9.17) is 14.6 Å². The Morgan fingerprint density at radius 1 is 1.46 bits per heavy atom. The Bertz CT molecular complexity index is 338. The molecule has 0 amide bonds. The Labute approximate surface area is 73.6 Å². The van der Waals surface area contributed by atoms with Crippen LogP contribution in [-0.4, -0.2) is 22.2 Å². The first-order valence-electron chi connectivity index (χ1n) is 3.57. The first kappa shape index (κ1) is 9.31. The molecule has 0 saturated carbocycles. The van der Waals surface area contributed by atoms with Gasteiger partial charge in [0.05, 0.1) is 5.56 Å². The van der Waals surface area contributed by atoms with E-state index in [1.54, 1.807) is 0 Å². The summed E-state index contributed by atoms with van der Waals surface area (Å²) >= 11 is 0. The monoisotopic (exact) mass is 184 g/mol. The van der Waals surface area contributed by atoms with E-state index in [2.05, 4.69) is 0 Å². The summed E-state index contributed by atoms with van der Waals surface area (Å²) in [5.41, 5.74) is -0.0388. The first-order chi connectivity index (χ1) is 6.02. The van der Waals surface area contributed by atoms with Crippen LogP contribution in [0, 0.1) is 0 Å². The molecule has 5 heteroatoms. The number of carboxylic acids is 2. The van der Waals surface area contributed by atoms with E-state index < -0.39 is 17.9 Å². The van der Waals surface area contributed by atoms with Gasteiger partial charge in [-0.15, -0.1) is 0 Å². The van der Waals surface area contributed by atoms with E-state index in [1.165, 1.54) is 13.0 Å². The maximum atomic E-state index is 10.5. The largest absolute Gasteiger partial charge is 0.481 e. The second-order valence-corrected chi connectivity index (χ2v) is 2.60. The molecule has 0 aliphatic carbocycles. The molecule has 1 aromatic rings. The van der Waals surface area contributed by atoms with Crippen LogP contribution < -0.4 is 0 Å². The molecule has 0 radical (unpaired) electrons. The molecule has 0 spiro atoms. The van der Waals surface area contributed by atoms with Gasteiger partial charge < -0.3 is 14.6 Å². The minimum absolute atomic E-state index is 0.0388. The van der Waals surface area contributed by atoms with Gasteiger partial charge in [-0.1, -0.05) is 0 Å². The van der Waals surface area contributed by atoms with Gasteiger partial charge >= 0.3 is 11.9 Å². The molecule has 5 nitrogen and oxygen atoms in total. The number of aromatic carboxylic acids is 1. The van der Waals surface area contributed by atoms with Crippen LogP contribution in [0.15, 0.2) is 16.7 Å². The van der Waals surface area contributed by atoms with E-state index in [1.807, 2.05) is 0 Å². The quantitative estimate of drug-likeness (QED) is 0.735. The summed E-state index contributed by atoms with van der Waals surface area (Å²) in [5, 5.41) is 17.1. The molecule has 0 fully saturated rings. The van der Waals surface area contributed by atoms with Gasteiger partial charge in [-0.2, -0.15) is 0 Å². The number of hydrogen-bond donors (Lipinski definition) is 2.